The standard InChI is InChI=1S/C15H13F2NO2/c1-20-13-9-7-12(8-10-13)18-14(19)15(16,17)11-5-3-2-4-6-11/h2-10H,1H3,(H,18,19). The number of rotatable bonds is 4. The lowest BCUT2D eigenvalue weighted by atomic mass is 10.1. The van der Waals surface area contributed by atoms with E-state index in [1.54, 1.807) is 18.2 Å². The maximum Gasteiger partial charge on any atom is 0.350 e. The smallest absolute Gasteiger partial charge is 0.350 e. The second-order valence-electron chi connectivity index (χ2n) is 4.12. The molecule has 1 N–H and O–H groups in total. The minimum atomic E-state index is -3.58. The SMILES string of the molecule is COc1ccc(NC(=O)C(F)(F)c2ccccc2)cc1. The number of carbonyl (C=O) groups excluding carboxylic acids is 1. The first-order chi connectivity index (χ1) is 9.54. The molecule has 0 atom stereocenters. The van der Waals surface area contributed by atoms with Crippen molar-refractivity contribution in [3.63, 3.8) is 0 Å². The minimum Gasteiger partial charge on any atom is -0.497 e. The lowest BCUT2D eigenvalue weighted by Gasteiger charge is -2.16. The van der Waals surface area contributed by atoms with Crippen molar-refractivity contribution in [2.45, 2.75) is 5.92 Å². The van der Waals surface area contributed by atoms with E-state index in [-0.39, 0.29) is 11.3 Å². The molecule has 2 rings (SSSR count). The zero-order chi connectivity index (χ0) is 14.6. The number of hydrogen-bond donors (Lipinski definition) is 1. The maximum atomic E-state index is 13.9. The molecule has 0 bridgehead atoms. The third-order valence-corrected chi connectivity index (χ3v) is 2.77. The summed E-state index contributed by atoms with van der Waals surface area (Å²) in [4.78, 5) is 11.7. The van der Waals surface area contributed by atoms with E-state index in [0.29, 0.717) is 5.75 Å². The average Bonchev–Trinajstić information content (AvgIpc) is 2.49. The van der Waals surface area contributed by atoms with Crippen LogP contribution in [0.1, 0.15) is 5.56 Å². The highest BCUT2D eigenvalue weighted by Gasteiger charge is 2.40. The minimum absolute atomic E-state index is 0.284. The van der Waals surface area contributed by atoms with Gasteiger partial charge in [-0.2, -0.15) is 8.78 Å². The van der Waals surface area contributed by atoms with Gasteiger partial charge in [0.05, 0.1) is 7.11 Å². The van der Waals surface area contributed by atoms with E-state index in [1.165, 1.54) is 43.5 Å². The molecule has 2 aromatic carbocycles. The Bertz CT molecular complexity index is 583. The molecule has 5 heteroatoms. The Morgan fingerprint density at radius 2 is 1.65 bits per heavy atom. The van der Waals surface area contributed by atoms with Crippen molar-refractivity contribution in [3.05, 3.63) is 60.2 Å². The summed E-state index contributed by atoms with van der Waals surface area (Å²) in [5, 5.41) is 2.19. The molecular weight excluding hydrogens is 264 g/mol. The zero-order valence-electron chi connectivity index (χ0n) is 10.8. The van der Waals surface area contributed by atoms with Gasteiger partial charge in [0.2, 0.25) is 0 Å². The number of amides is 1. The molecule has 0 aliphatic heterocycles. The average molecular weight is 277 g/mol. The molecule has 0 saturated carbocycles. The monoisotopic (exact) mass is 277 g/mol. The summed E-state index contributed by atoms with van der Waals surface area (Å²) in [5.41, 5.74) is -0.0579. The lowest BCUT2D eigenvalue weighted by Crippen LogP contribution is -2.32. The van der Waals surface area contributed by atoms with Crippen LogP contribution in [0, 0.1) is 0 Å². The number of methoxy groups -OCH3 is 1. The van der Waals surface area contributed by atoms with E-state index in [9.17, 15) is 13.6 Å². The Labute approximate surface area is 115 Å². The van der Waals surface area contributed by atoms with Gasteiger partial charge in [0.25, 0.3) is 5.91 Å². The van der Waals surface area contributed by atoms with Crippen molar-refractivity contribution in [1.82, 2.24) is 0 Å². The number of alkyl halides is 2. The molecule has 0 radical (unpaired) electrons. The predicted octanol–water partition coefficient (Wildman–Crippen LogP) is 3.43. The van der Waals surface area contributed by atoms with Crippen molar-refractivity contribution in [2.24, 2.45) is 0 Å². The summed E-state index contributed by atoms with van der Waals surface area (Å²) in [6, 6.07) is 13.1. The van der Waals surface area contributed by atoms with Crippen molar-refractivity contribution >= 4 is 11.6 Å². The van der Waals surface area contributed by atoms with Crippen LogP contribution in [-0.2, 0) is 10.7 Å². The highest BCUT2D eigenvalue weighted by molar-refractivity contribution is 5.96. The zero-order valence-corrected chi connectivity index (χ0v) is 10.8. The number of anilines is 1. The van der Waals surface area contributed by atoms with Gasteiger partial charge in [-0.15, -0.1) is 0 Å². The third-order valence-electron chi connectivity index (χ3n) is 2.77. The van der Waals surface area contributed by atoms with Crippen LogP contribution in [0.25, 0.3) is 0 Å². The van der Waals surface area contributed by atoms with Gasteiger partial charge in [-0.1, -0.05) is 30.3 Å². The molecule has 104 valence electrons. The van der Waals surface area contributed by atoms with E-state index in [1.807, 2.05) is 0 Å². The Hall–Kier alpha value is -2.43. The largest absolute Gasteiger partial charge is 0.497 e. The molecule has 0 aliphatic rings. The Morgan fingerprint density at radius 1 is 1.05 bits per heavy atom. The van der Waals surface area contributed by atoms with Gasteiger partial charge in [-0.3, -0.25) is 4.79 Å². The summed E-state index contributed by atoms with van der Waals surface area (Å²) < 4.78 is 32.8. The lowest BCUT2D eigenvalue weighted by molar-refractivity contribution is -0.140. The van der Waals surface area contributed by atoms with Gasteiger partial charge in [-0.25, -0.2) is 0 Å². The first-order valence-electron chi connectivity index (χ1n) is 5.93. The number of carbonyl (C=O) groups is 1. The van der Waals surface area contributed by atoms with E-state index in [0.717, 1.165) is 0 Å². The van der Waals surface area contributed by atoms with Gasteiger partial charge in [0.15, 0.2) is 0 Å². The van der Waals surface area contributed by atoms with E-state index < -0.39 is 11.8 Å². The normalized spacial score (nSPS) is 10.9. The molecule has 2 aromatic rings. The van der Waals surface area contributed by atoms with Crippen LogP contribution in [0.5, 0.6) is 5.75 Å². The number of nitrogens with one attached hydrogen (secondary N) is 1. The molecule has 0 aromatic heterocycles. The summed E-state index contributed by atoms with van der Waals surface area (Å²) in [6.07, 6.45) is 0. The summed E-state index contributed by atoms with van der Waals surface area (Å²) in [6.45, 7) is 0. The molecule has 0 spiro atoms. The maximum absolute atomic E-state index is 13.9. The number of ether oxygens (including phenoxy) is 1. The van der Waals surface area contributed by atoms with Crippen LogP contribution in [0.4, 0.5) is 14.5 Å². The van der Waals surface area contributed by atoms with Crippen LogP contribution in [0.2, 0.25) is 0 Å². The van der Waals surface area contributed by atoms with Crippen molar-refractivity contribution in [3.8, 4) is 5.75 Å². The van der Waals surface area contributed by atoms with Crippen LogP contribution < -0.4 is 10.1 Å². The van der Waals surface area contributed by atoms with Gasteiger partial charge in [0, 0.05) is 11.3 Å². The number of hydrogen-bond acceptors (Lipinski definition) is 2. The summed E-state index contributed by atoms with van der Waals surface area (Å²) >= 11 is 0. The molecule has 0 aliphatic carbocycles. The van der Waals surface area contributed by atoms with Crippen LogP contribution in [0.15, 0.2) is 54.6 Å². The van der Waals surface area contributed by atoms with Gasteiger partial charge in [0.1, 0.15) is 5.75 Å². The molecule has 0 unspecified atom stereocenters. The Balaban J connectivity index is 2.14. The van der Waals surface area contributed by atoms with Crippen molar-refractivity contribution < 1.29 is 18.3 Å². The second-order valence-corrected chi connectivity index (χ2v) is 4.12. The van der Waals surface area contributed by atoms with Crippen LogP contribution in [0.3, 0.4) is 0 Å². The fraction of sp³-hybridized carbons (Fsp3) is 0.133. The highest BCUT2D eigenvalue weighted by Crippen LogP contribution is 2.29. The van der Waals surface area contributed by atoms with Crippen LogP contribution >= 0.6 is 0 Å². The summed E-state index contributed by atoms with van der Waals surface area (Å²) in [5.74, 6) is -4.37. The highest BCUT2D eigenvalue weighted by atomic mass is 19.3. The predicted molar refractivity (Wildman–Crippen MR) is 72.0 cm³/mol. The van der Waals surface area contributed by atoms with E-state index in [4.69, 9.17) is 4.74 Å². The molecule has 20 heavy (non-hydrogen) atoms. The quantitative estimate of drug-likeness (QED) is 0.929. The van der Waals surface area contributed by atoms with E-state index in [2.05, 4.69) is 5.32 Å². The van der Waals surface area contributed by atoms with E-state index >= 15 is 0 Å². The van der Waals surface area contributed by atoms with Gasteiger partial charge < -0.3 is 10.1 Å². The molecule has 0 fully saturated rings. The molecule has 0 saturated heterocycles. The number of benzene rings is 2. The second kappa shape index (κ2) is 5.69. The Kier molecular flexibility index (Phi) is 3.98. The first kappa shape index (κ1) is 14.0. The fourth-order valence-corrected chi connectivity index (χ4v) is 1.66. The fourth-order valence-electron chi connectivity index (χ4n) is 1.66. The van der Waals surface area contributed by atoms with Gasteiger partial charge >= 0.3 is 5.92 Å². The molecule has 3 nitrogen and oxygen atoms in total. The molecule has 1 amide bonds. The van der Waals surface area contributed by atoms with Crippen LogP contribution in [-0.4, -0.2) is 13.0 Å². The first-order valence-corrected chi connectivity index (χ1v) is 5.93. The number of halogens is 2. The molecule has 0 heterocycles. The van der Waals surface area contributed by atoms with Gasteiger partial charge in [-0.05, 0) is 24.3 Å². The summed E-state index contributed by atoms with van der Waals surface area (Å²) in [7, 11) is 1.50. The molecular formula is C15H13F2NO2. The Morgan fingerprint density at radius 3 is 2.20 bits per heavy atom. The van der Waals surface area contributed by atoms with Crippen molar-refractivity contribution in [2.75, 3.05) is 12.4 Å². The topological polar surface area (TPSA) is 38.3 Å². The third kappa shape index (κ3) is 2.93. The van der Waals surface area contributed by atoms with Crippen molar-refractivity contribution in [1.29, 1.82) is 0 Å².